The monoisotopic (exact) mass is 421 g/mol. The van der Waals surface area contributed by atoms with Crippen molar-refractivity contribution in [3.8, 4) is 0 Å². The third-order valence-electron chi connectivity index (χ3n) is 8.56. The highest BCUT2D eigenvalue weighted by Crippen LogP contribution is 2.49. The molecule has 3 aliphatic heterocycles. The molecule has 0 N–H and O–H groups in total. The van der Waals surface area contributed by atoms with Crippen molar-refractivity contribution in [1.82, 2.24) is 9.88 Å². The van der Waals surface area contributed by atoms with Crippen LogP contribution in [0, 0.1) is 5.41 Å². The zero-order chi connectivity index (χ0) is 20.7. The summed E-state index contributed by atoms with van der Waals surface area (Å²) in [5, 5.41) is 0. The predicted molar refractivity (Wildman–Crippen MR) is 122 cm³/mol. The minimum absolute atomic E-state index is 0.506. The topological polar surface area (TPSA) is 41.7 Å². The first-order valence-electron chi connectivity index (χ1n) is 12.3. The lowest BCUT2D eigenvalue weighted by Gasteiger charge is -2.48. The van der Waals surface area contributed by atoms with Crippen LogP contribution in [0.3, 0.4) is 0 Å². The molecule has 0 amide bonds. The molecule has 2 aromatic rings. The predicted octanol–water partition coefficient (Wildman–Crippen LogP) is 4.81. The molecule has 4 heterocycles. The van der Waals surface area contributed by atoms with Gasteiger partial charge in [0.05, 0.1) is 6.20 Å². The van der Waals surface area contributed by atoms with Crippen molar-refractivity contribution in [1.29, 1.82) is 0 Å². The fourth-order valence-electron chi connectivity index (χ4n) is 6.89. The Bertz CT molecular complexity index is 863. The number of oxazole rings is 1. The summed E-state index contributed by atoms with van der Waals surface area (Å²) >= 11 is 0. The van der Waals surface area contributed by atoms with Crippen LogP contribution < -0.4 is 4.90 Å². The summed E-state index contributed by atoms with van der Waals surface area (Å²) in [5.74, 6) is 1.43. The van der Waals surface area contributed by atoms with E-state index in [4.69, 9.17) is 9.15 Å². The lowest BCUT2D eigenvalue weighted by molar-refractivity contribution is 0.0848. The number of likely N-dealkylation sites (tertiary alicyclic amines) is 1. The van der Waals surface area contributed by atoms with Gasteiger partial charge in [-0.05, 0) is 81.0 Å². The minimum atomic E-state index is 0.506. The van der Waals surface area contributed by atoms with Gasteiger partial charge in [0.15, 0.2) is 0 Å². The smallest absolute Gasteiger partial charge is 0.297 e. The summed E-state index contributed by atoms with van der Waals surface area (Å²) < 4.78 is 11.1. The maximum Gasteiger partial charge on any atom is 0.297 e. The molecule has 6 rings (SSSR count). The largest absolute Gasteiger partial charge is 0.432 e. The molecule has 0 radical (unpaired) electrons. The molecule has 166 valence electrons. The second-order valence-corrected chi connectivity index (χ2v) is 10.4. The average Bonchev–Trinajstić information content (AvgIpc) is 3.49. The van der Waals surface area contributed by atoms with Crippen LogP contribution in [0.15, 0.2) is 41.1 Å². The second-order valence-electron chi connectivity index (χ2n) is 10.4. The second kappa shape index (κ2) is 8.25. The van der Waals surface area contributed by atoms with E-state index >= 15 is 0 Å². The van der Waals surface area contributed by atoms with E-state index in [0.717, 1.165) is 44.3 Å². The van der Waals surface area contributed by atoms with E-state index in [-0.39, 0.29) is 0 Å². The van der Waals surface area contributed by atoms with E-state index in [1.165, 1.54) is 58.0 Å². The molecule has 1 aliphatic carbocycles. The lowest BCUT2D eigenvalue weighted by Crippen LogP contribution is -2.56. The van der Waals surface area contributed by atoms with Gasteiger partial charge in [-0.2, -0.15) is 0 Å². The first-order chi connectivity index (χ1) is 15.3. The zero-order valence-corrected chi connectivity index (χ0v) is 18.5. The molecule has 1 aromatic heterocycles. The Kier molecular flexibility index (Phi) is 5.27. The Labute approximate surface area is 185 Å². The molecule has 3 saturated heterocycles. The molecule has 1 atom stereocenters. The molecule has 0 unspecified atom stereocenters. The third kappa shape index (κ3) is 3.80. The van der Waals surface area contributed by atoms with Gasteiger partial charge in [0.1, 0.15) is 6.26 Å². The van der Waals surface area contributed by atoms with Crippen LogP contribution in [0.2, 0.25) is 0 Å². The molecule has 4 aliphatic rings. The van der Waals surface area contributed by atoms with Crippen LogP contribution in [-0.4, -0.2) is 55.3 Å². The van der Waals surface area contributed by atoms with Crippen LogP contribution in [0.4, 0.5) is 6.01 Å². The number of hydrogen-bond acceptors (Lipinski definition) is 5. The molecule has 0 bridgehead atoms. The normalized spacial score (nSPS) is 27.6. The zero-order valence-electron chi connectivity index (χ0n) is 18.5. The molecular formula is C26H35N3O2. The van der Waals surface area contributed by atoms with Gasteiger partial charge < -0.3 is 19.0 Å². The summed E-state index contributed by atoms with van der Waals surface area (Å²) in [6.45, 7) is 6.62. The summed E-state index contributed by atoms with van der Waals surface area (Å²) in [5.41, 5.74) is 3.76. The number of rotatable bonds is 4. The van der Waals surface area contributed by atoms with Crippen LogP contribution >= 0.6 is 0 Å². The van der Waals surface area contributed by atoms with E-state index < -0.39 is 0 Å². The van der Waals surface area contributed by atoms with Gasteiger partial charge in [0.2, 0.25) is 0 Å². The molecular weight excluding hydrogens is 386 g/mol. The number of aromatic nitrogens is 1. The van der Waals surface area contributed by atoms with E-state index in [1.54, 1.807) is 23.6 Å². The van der Waals surface area contributed by atoms with Crippen molar-refractivity contribution in [2.24, 2.45) is 5.41 Å². The Morgan fingerprint density at radius 1 is 0.903 bits per heavy atom. The minimum Gasteiger partial charge on any atom is -0.432 e. The van der Waals surface area contributed by atoms with Crippen molar-refractivity contribution in [3.05, 3.63) is 47.9 Å². The van der Waals surface area contributed by atoms with Crippen molar-refractivity contribution in [2.45, 2.75) is 62.8 Å². The van der Waals surface area contributed by atoms with Gasteiger partial charge in [-0.3, -0.25) is 0 Å². The van der Waals surface area contributed by atoms with E-state index in [1.807, 2.05) is 0 Å². The van der Waals surface area contributed by atoms with Crippen molar-refractivity contribution >= 4 is 6.01 Å². The molecule has 1 aromatic carbocycles. The standard InChI is InChI=1S/C26H35N3O2/c1-2-4-24(21-8-14-30-15-9-21)23(3-1)20-6-12-28(13-7-20)22-5-10-26(17-22)18-29(19-26)25-27-11-16-31-25/h1-4,11,16,20-22H,5-10,12-15,17-19H2/t22-/m1/s1. The van der Waals surface area contributed by atoms with Crippen LogP contribution in [0.25, 0.3) is 0 Å². The third-order valence-corrected chi connectivity index (χ3v) is 8.56. The van der Waals surface area contributed by atoms with Gasteiger partial charge >= 0.3 is 0 Å². The van der Waals surface area contributed by atoms with E-state index in [0.29, 0.717) is 11.3 Å². The fourth-order valence-corrected chi connectivity index (χ4v) is 6.89. The van der Waals surface area contributed by atoms with E-state index in [9.17, 15) is 0 Å². The SMILES string of the molecule is c1ccc(C2CCN([C@@H]3CCC4(C3)CN(c3ncco3)C4)CC2)c(C2CCOCC2)c1. The number of hydrogen-bond donors (Lipinski definition) is 0. The summed E-state index contributed by atoms with van der Waals surface area (Å²) in [7, 11) is 0. The highest BCUT2D eigenvalue weighted by atomic mass is 16.5. The van der Waals surface area contributed by atoms with Gasteiger partial charge in [-0.15, -0.1) is 0 Å². The van der Waals surface area contributed by atoms with Crippen LogP contribution in [0.1, 0.15) is 67.9 Å². The van der Waals surface area contributed by atoms with Gasteiger partial charge in [-0.1, -0.05) is 24.3 Å². The van der Waals surface area contributed by atoms with Crippen molar-refractivity contribution in [3.63, 3.8) is 0 Å². The maximum absolute atomic E-state index is 5.62. The first-order valence-corrected chi connectivity index (χ1v) is 12.3. The maximum atomic E-state index is 5.62. The highest BCUT2D eigenvalue weighted by molar-refractivity contribution is 5.35. The number of anilines is 1. The molecule has 5 heteroatoms. The molecule has 1 saturated carbocycles. The molecule has 1 spiro atoms. The summed E-state index contributed by atoms with van der Waals surface area (Å²) in [4.78, 5) is 9.44. The van der Waals surface area contributed by atoms with Crippen LogP contribution in [0.5, 0.6) is 0 Å². The number of benzene rings is 1. The summed E-state index contributed by atoms with van der Waals surface area (Å²) in [6.07, 6.45) is 12.5. The van der Waals surface area contributed by atoms with Gasteiger partial charge in [0.25, 0.3) is 6.01 Å². The van der Waals surface area contributed by atoms with Crippen LogP contribution in [-0.2, 0) is 4.74 Å². The Morgan fingerprint density at radius 3 is 2.29 bits per heavy atom. The van der Waals surface area contributed by atoms with Crippen molar-refractivity contribution in [2.75, 3.05) is 44.3 Å². The fraction of sp³-hybridized carbons (Fsp3) is 0.654. The first kappa shape index (κ1) is 19.8. The number of nitrogens with zero attached hydrogens (tertiary/aromatic N) is 3. The molecule has 5 nitrogen and oxygen atoms in total. The van der Waals surface area contributed by atoms with E-state index in [2.05, 4.69) is 39.0 Å². The molecule has 31 heavy (non-hydrogen) atoms. The van der Waals surface area contributed by atoms with Gasteiger partial charge in [-0.25, -0.2) is 4.98 Å². The summed E-state index contributed by atoms with van der Waals surface area (Å²) in [6, 6.07) is 10.9. The average molecular weight is 422 g/mol. The number of ether oxygens (including phenoxy) is 1. The lowest BCUT2D eigenvalue weighted by atomic mass is 9.78. The van der Waals surface area contributed by atoms with Gasteiger partial charge in [0, 0.05) is 37.8 Å². The quantitative estimate of drug-likeness (QED) is 0.709. The van der Waals surface area contributed by atoms with Crippen molar-refractivity contribution < 1.29 is 9.15 Å². The molecule has 4 fully saturated rings. The number of piperidine rings is 1. The Morgan fingerprint density at radius 2 is 1.61 bits per heavy atom. The highest BCUT2D eigenvalue weighted by Gasteiger charge is 2.50. The Hall–Kier alpha value is -1.85. The Balaban J connectivity index is 1.05.